The molecule has 0 bridgehead atoms. The van der Waals surface area contributed by atoms with Gasteiger partial charge in [0.1, 0.15) is 11.3 Å². The number of nitrogens with zero attached hydrogens (tertiary/aromatic N) is 3. The molecule has 6 nitrogen and oxygen atoms in total. The number of anilines is 1. The van der Waals surface area contributed by atoms with Gasteiger partial charge >= 0.3 is 0 Å². The van der Waals surface area contributed by atoms with Crippen molar-refractivity contribution in [3.05, 3.63) is 35.1 Å². The normalized spacial score (nSPS) is 10.8. The van der Waals surface area contributed by atoms with Crippen LogP contribution in [0.15, 0.2) is 24.5 Å². The lowest BCUT2D eigenvalue weighted by Gasteiger charge is -2.08. The Kier molecular flexibility index (Phi) is 2.72. The van der Waals surface area contributed by atoms with Crippen molar-refractivity contribution < 1.29 is 4.74 Å². The van der Waals surface area contributed by atoms with Gasteiger partial charge in [-0.05, 0) is 24.6 Å². The van der Waals surface area contributed by atoms with Gasteiger partial charge in [-0.2, -0.15) is 9.97 Å². The van der Waals surface area contributed by atoms with Crippen LogP contribution in [-0.4, -0.2) is 19.9 Å². The maximum atomic E-state index is 6.12. The molecule has 3 aromatic rings. The van der Waals surface area contributed by atoms with Crippen LogP contribution in [0.5, 0.6) is 11.6 Å². The van der Waals surface area contributed by atoms with E-state index in [2.05, 4.69) is 19.9 Å². The number of H-pyrrole nitrogens is 1. The second kappa shape index (κ2) is 4.40. The van der Waals surface area contributed by atoms with Gasteiger partial charge in [0, 0.05) is 0 Å². The Morgan fingerprint density at radius 1 is 1.32 bits per heavy atom. The van der Waals surface area contributed by atoms with Crippen molar-refractivity contribution in [1.29, 1.82) is 0 Å². The molecule has 19 heavy (non-hydrogen) atoms. The Bertz CT molecular complexity index is 755. The largest absolute Gasteiger partial charge is 0.435 e. The molecule has 0 spiro atoms. The lowest BCUT2D eigenvalue weighted by Crippen LogP contribution is -1.98. The van der Waals surface area contributed by atoms with Gasteiger partial charge in [0.05, 0.1) is 11.3 Å². The Labute approximate surface area is 113 Å². The molecule has 7 heteroatoms. The van der Waals surface area contributed by atoms with E-state index in [0.29, 0.717) is 27.8 Å². The number of hydrogen-bond donors (Lipinski definition) is 2. The van der Waals surface area contributed by atoms with Gasteiger partial charge in [0.2, 0.25) is 5.95 Å². The zero-order valence-electron chi connectivity index (χ0n) is 10.0. The predicted octanol–water partition coefficient (Wildman–Crippen LogP) is 2.69. The molecule has 0 unspecified atom stereocenters. The van der Waals surface area contributed by atoms with Gasteiger partial charge in [-0.1, -0.05) is 17.7 Å². The van der Waals surface area contributed by atoms with Gasteiger partial charge < -0.3 is 15.5 Å². The van der Waals surface area contributed by atoms with Crippen LogP contribution in [-0.2, 0) is 0 Å². The van der Waals surface area contributed by atoms with Crippen LogP contribution in [0.25, 0.3) is 11.2 Å². The minimum atomic E-state index is 0.0952. The molecule has 96 valence electrons. The fourth-order valence-corrected chi connectivity index (χ4v) is 1.96. The first-order chi connectivity index (χ1) is 9.13. The first kappa shape index (κ1) is 11.7. The second-order valence-electron chi connectivity index (χ2n) is 4.02. The summed E-state index contributed by atoms with van der Waals surface area (Å²) in [6.07, 6.45) is 1.50. The van der Waals surface area contributed by atoms with Crippen LogP contribution in [0.3, 0.4) is 0 Å². The SMILES string of the molecule is Cc1ccc(Oc2nc(N)nc3nc[nH]c23)c(Cl)c1. The molecular formula is C12H10ClN5O. The molecule has 3 rings (SSSR count). The highest BCUT2D eigenvalue weighted by atomic mass is 35.5. The maximum Gasteiger partial charge on any atom is 0.250 e. The van der Waals surface area contributed by atoms with Crippen molar-refractivity contribution in [2.24, 2.45) is 0 Å². The topological polar surface area (TPSA) is 89.7 Å². The minimum Gasteiger partial charge on any atom is -0.435 e. The van der Waals surface area contributed by atoms with Gasteiger partial charge in [-0.25, -0.2) is 4.98 Å². The monoisotopic (exact) mass is 275 g/mol. The quantitative estimate of drug-likeness (QED) is 0.750. The summed E-state index contributed by atoms with van der Waals surface area (Å²) in [4.78, 5) is 15.0. The van der Waals surface area contributed by atoms with E-state index in [4.69, 9.17) is 22.1 Å². The average molecular weight is 276 g/mol. The van der Waals surface area contributed by atoms with Gasteiger partial charge in [0.25, 0.3) is 5.88 Å². The highest BCUT2D eigenvalue weighted by Crippen LogP contribution is 2.31. The number of fused-ring (bicyclic) bond motifs is 1. The average Bonchev–Trinajstić information content (AvgIpc) is 2.80. The molecule has 0 aliphatic rings. The van der Waals surface area contributed by atoms with Crippen LogP contribution in [0, 0.1) is 6.92 Å². The lowest BCUT2D eigenvalue weighted by atomic mass is 10.2. The minimum absolute atomic E-state index is 0.0952. The van der Waals surface area contributed by atoms with Crippen LogP contribution in [0.4, 0.5) is 5.95 Å². The summed E-state index contributed by atoms with van der Waals surface area (Å²) in [5.41, 5.74) is 7.68. The second-order valence-corrected chi connectivity index (χ2v) is 4.43. The zero-order valence-corrected chi connectivity index (χ0v) is 10.8. The Balaban J connectivity index is 2.07. The van der Waals surface area contributed by atoms with Crippen LogP contribution in [0.2, 0.25) is 5.02 Å². The van der Waals surface area contributed by atoms with E-state index in [0.717, 1.165) is 5.56 Å². The fraction of sp³-hybridized carbons (Fsp3) is 0.0833. The first-order valence-corrected chi connectivity index (χ1v) is 5.92. The Morgan fingerprint density at radius 3 is 2.95 bits per heavy atom. The number of nitrogen functional groups attached to an aromatic ring is 1. The van der Waals surface area contributed by atoms with Crippen molar-refractivity contribution in [1.82, 2.24) is 19.9 Å². The number of aromatic amines is 1. The summed E-state index contributed by atoms with van der Waals surface area (Å²) in [6.45, 7) is 1.95. The van der Waals surface area contributed by atoms with Crippen molar-refractivity contribution in [3.63, 3.8) is 0 Å². The number of rotatable bonds is 2. The summed E-state index contributed by atoms with van der Waals surface area (Å²) in [5, 5.41) is 0.504. The summed E-state index contributed by atoms with van der Waals surface area (Å²) < 4.78 is 5.68. The smallest absolute Gasteiger partial charge is 0.250 e. The number of halogens is 1. The van der Waals surface area contributed by atoms with Crippen LogP contribution in [0.1, 0.15) is 5.56 Å². The van der Waals surface area contributed by atoms with E-state index in [9.17, 15) is 0 Å². The van der Waals surface area contributed by atoms with E-state index >= 15 is 0 Å². The number of nitrogens with one attached hydrogen (secondary N) is 1. The number of ether oxygens (including phenoxy) is 1. The summed E-state index contributed by atoms with van der Waals surface area (Å²) in [5.74, 6) is 0.893. The maximum absolute atomic E-state index is 6.12. The van der Waals surface area contributed by atoms with Gasteiger partial charge in [-0.3, -0.25) is 0 Å². The molecule has 3 N–H and O–H groups in total. The summed E-state index contributed by atoms with van der Waals surface area (Å²) in [6, 6.07) is 5.49. The molecule has 0 aliphatic heterocycles. The molecule has 0 atom stereocenters. The summed E-state index contributed by atoms with van der Waals surface area (Å²) in [7, 11) is 0. The van der Waals surface area contributed by atoms with Crippen molar-refractivity contribution in [2.45, 2.75) is 6.92 Å². The fourth-order valence-electron chi connectivity index (χ4n) is 1.69. The molecule has 0 radical (unpaired) electrons. The van der Waals surface area contributed by atoms with Crippen LogP contribution >= 0.6 is 11.6 Å². The zero-order chi connectivity index (χ0) is 13.4. The highest BCUT2D eigenvalue weighted by molar-refractivity contribution is 6.32. The lowest BCUT2D eigenvalue weighted by molar-refractivity contribution is 0.468. The van der Waals surface area contributed by atoms with Gasteiger partial charge in [0.15, 0.2) is 5.65 Å². The molecular weight excluding hydrogens is 266 g/mol. The highest BCUT2D eigenvalue weighted by Gasteiger charge is 2.12. The molecule has 0 saturated carbocycles. The van der Waals surface area contributed by atoms with E-state index in [1.807, 2.05) is 19.1 Å². The molecule has 0 amide bonds. The number of hydrogen-bond acceptors (Lipinski definition) is 5. The number of nitrogens with two attached hydrogens (primary N) is 1. The van der Waals surface area contributed by atoms with E-state index in [-0.39, 0.29) is 5.95 Å². The molecule has 0 aliphatic carbocycles. The van der Waals surface area contributed by atoms with Crippen LogP contribution < -0.4 is 10.5 Å². The Hall–Kier alpha value is -2.34. The molecule has 0 fully saturated rings. The van der Waals surface area contributed by atoms with Gasteiger partial charge in [-0.15, -0.1) is 0 Å². The predicted molar refractivity (Wildman–Crippen MR) is 72.4 cm³/mol. The van der Waals surface area contributed by atoms with E-state index in [1.54, 1.807) is 6.07 Å². The standard InChI is InChI=1S/C12H10ClN5O/c1-6-2-3-8(7(13)4-6)19-11-9-10(16-5-15-9)17-12(14)18-11/h2-5H,1H3,(H3,14,15,16,17,18). The number of benzene rings is 1. The van der Waals surface area contributed by atoms with Crippen molar-refractivity contribution >= 4 is 28.7 Å². The number of imidazole rings is 1. The first-order valence-electron chi connectivity index (χ1n) is 5.54. The number of aryl methyl sites for hydroxylation is 1. The van der Waals surface area contributed by atoms with E-state index < -0.39 is 0 Å². The molecule has 0 saturated heterocycles. The third-order valence-corrected chi connectivity index (χ3v) is 2.86. The summed E-state index contributed by atoms with van der Waals surface area (Å²) >= 11 is 6.12. The third kappa shape index (κ3) is 2.17. The molecule has 2 aromatic heterocycles. The molecule has 1 aromatic carbocycles. The molecule has 2 heterocycles. The third-order valence-electron chi connectivity index (χ3n) is 2.56. The van der Waals surface area contributed by atoms with E-state index in [1.165, 1.54) is 6.33 Å². The number of aromatic nitrogens is 4. The Morgan fingerprint density at radius 2 is 2.16 bits per heavy atom. The van der Waals surface area contributed by atoms with Crippen molar-refractivity contribution in [2.75, 3.05) is 5.73 Å². The van der Waals surface area contributed by atoms with Crippen molar-refractivity contribution in [3.8, 4) is 11.6 Å².